The van der Waals surface area contributed by atoms with Gasteiger partial charge in [-0.25, -0.2) is 4.79 Å². The predicted molar refractivity (Wildman–Crippen MR) is 110 cm³/mol. The van der Waals surface area contributed by atoms with Crippen LogP contribution in [0.25, 0.3) is 0 Å². The summed E-state index contributed by atoms with van der Waals surface area (Å²) in [5.74, 6) is -0.134. The normalized spacial score (nSPS) is 20.1. The van der Waals surface area contributed by atoms with Gasteiger partial charge in [0.05, 0.1) is 19.3 Å². The number of aliphatic hydroxyl groups excluding tert-OH is 2. The number of carbonyl (C=O) groups is 2. The third-order valence-corrected chi connectivity index (χ3v) is 4.29. The second-order valence-electron chi connectivity index (χ2n) is 6.59. The average Bonchev–Trinajstić information content (AvgIpc) is 3.09. The van der Waals surface area contributed by atoms with Crippen molar-refractivity contribution in [2.75, 3.05) is 49.5 Å². The van der Waals surface area contributed by atoms with E-state index in [1.165, 1.54) is 22.9 Å². The zero-order chi connectivity index (χ0) is 23.0. The lowest BCUT2D eigenvalue weighted by molar-refractivity contribution is -0.107. The summed E-state index contributed by atoms with van der Waals surface area (Å²) in [4.78, 5) is 34.1. The highest BCUT2D eigenvalue weighted by Crippen LogP contribution is 2.35. The monoisotopic (exact) mass is 440 g/mol. The second-order valence-corrected chi connectivity index (χ2v) is 6.59. The van der Waals surface area contributed by atoms with Crippen molar-refractivity contribution in [1.82, 2.24) is 14.9 Å². The first kappa shape index (κ1) is 24.1. The van der Waals surface area contributed by atoms with Crippen molar-refractivity contribution in [3.05, 3.63) is 12.7 Å². The van der Waals surface area contributed by atoms with E-state index in [1.807, 2.05) is 0 Å². The number of rotatable bonds is 11. The number of hydrogen-bond acceptors (Lipinski definition) is 11. The number of hydrogen-bond donors (Lipinski definition) is 4. The fourth-order valence-corrected chi connectivity index (χ4v) is 2.82. The molecule has 31 heavy (non-hydrogen) atoms. The Morgan fingerprint density at radius 3 is 2.81 bits per heavy atom. The number of amides is 2. The van der Waals surface area contributed by atoms with Gasteiger partial charge in [-0.2, -0.15) is 9.97 Å². The summed E-state index contributed by atoms with van der Waals surface area (Å²) < 4.78 is 16.1. The van der Waals surface area contributed by atoms with E-state index in [1.54, 1.807) is 6.92 Å². The molecule has 3 unspecified atom stereocenters. The molecule has 0 saturated carbocycles. The molecule has 0 spiro atoms. The van der Waals surface area contributed by atoms with Crippen LogP contribution in [0.5, 0.6) is 5.88 Å². The van der Waals surface area contributed by atoms with Gasteiger partial charge in [-0.3, -0.25) is 9.69 Å². The van der Waals surface area contributed by atoms with E-state index in [0.29, 0.717) is 6.41 Å². The fourth-order valence-electron chi connectivity index (χ4n) is 2.82. The van der Waals surface area contributed by atoms with E-state index in [4.69, 9.17) is 19.9 Å². The van der Waals surface area contributed by atoms with Gasteiger partial charge < -0.3 is 40.4 Å². The Kier molecular flexibility index (Phi) is 8.78. The van der Waals surface area contributed by atoms with Crippen molar-refractivity contribution in [2.45, 2.75) is 31.8 Å². The van der Waals surface area contributed by atoms with Crippen LogP contribution in [0.3, 0.4) is 0 Å². The first-order valence-electron chi connectivity index (χ1n) is 9.56. The van der Waals surface area contributed by atoms with Crippen molar-refractivity contribution in [2.24, 2.45) is 0 Å². The van der Waals surface area contributed by atoms with Crippen molar-refractivity contribution in [3.8, 4) is 5.88 Å². The number of aliphatic hydroxyl groups is 2. The third kappa shape index (κ3) is 6.16. The van der Waals surface area contributed by atoms with E-state index in [2.05, 4.69) is 21.9 Å². The molecule has 1 fully saturated rings. The van der Waals surface area contributed by atoms with Gasteiger partial charge in [-0.05, 0) is 6.92 Å². The molecule has 2 heterocycles. The number of carbonyl (C=O) groups excluding carboxylic acids is 2. The highest BCUT2D eigenvalue weighted by Gasteiger charge is 2.35. The molecule has 1 aromatic rings. The Morgan fingerprint density at radius 1 is 1.48 bits per heavy atom. The van der Waals surface area contributed by atoms with E-state index in [9.17, 15) is 19.8 Å². The van der Waals surface area contributed by atoms with Gasteiger partial charge in [0, 0.05) is 20.0 Å². The van der Waals surface area contributed by atoms with Gasteiger partial charge in [0.25, 0.3) is 0 Å². The lowest BCUT2D eigenvalue weighted by atomic mass is 10.2. The van der Waals surface area contributed by atoms with E-state index >= 15 is 0 Å². The van der Waals surface area contributed by atoms with E-state index in [-0.39, 0.29) is 56.2 Å². The SMILES string of the molecule is C=CCN(C=O)c1c(NC2CC(O)C(CO)O2)nc(N)nc1OCN(C)C(=O)OCC. The first-order valence-corrected chi connectivity index (χ1v) is 9.56. The highest BCUT2D eigenvalue weighted by atomic mass is 16.6. The quantitative estimate of drug-likeness (QED) is 0.199. The Hall–Kier alpha value is -3.16. The van der Waals surface area contributed by atoms with Crippen LogP contribution >= 0.6 is 0 Å². The molecule has 1 saturated heterocycles. The molecule has 13 heteroatoms. The summed E-state index contributed by atoms with van der Waals surface area (Å²) >= 11 is 0. The Bertz CT molecular complexity index is 780. The highest BCUT2D eigenvalue weighted by molar-refractivity contribution is 5.86. The number of nitrogen functional groups attached to an aromatic ring is 1. The Balaban J connectivity index is 2.34. The minimum absolute atomic E-state index is 0.0719. The van der Waals surface area contributed by atoms with Crippen molar-refractivity contribution in [3.63, 3.8) is 0 Å². The fraction of sp³-hybridized carbons (Fsp3) is 0.556. The summed E-state index contributed by atoms with van der Waals surface area (Å²) in [5, 5.41) is 22.2. The van der Waals surface area contributed by atoms with E-state index < -0.39 is 24.5 Å². The topological polar surface area (TPSA) is 173 Å². The van der Waals surface area contributed by atoms with Gasteiger partial charge >= 0.3 is 6.09 Å². The molecule has 1 aromatic heterocycles. The largest absolute Gasteiger partial charge is 0.454 e. The van der Waals surface area contributed by atoms with Crippen LogP contribution in [0.4, 0.5) is 22.2 Å². The predicted octanol–water partition coefficient (Wildman–Crippen LogP) is -0.488. The molecule has 1 aliphatic heterocycles. The molecule has 172 valence electrons. The standard InChI is InChI=1S/C18H28N6O7/c1-4-6-24(9-26)14-15(20-13-7-11(27)12(8-25)31-13)21-17(19)22-16(14)30-10-23(3)18(28)29-5-2/h4,9,11-13,25,27H,1,5-8,10H2,2-3H3,(H3,19,20,21,22). The van der Waals surface area contributed by atoms with Crippen molar-refractivity contribution in [1.29, 1.82) is 0 Å². The summed E-state index contributed by atoms with van der Waals surface area (Å²) in [5.41, 5.74) is 5.94. The van der Waals surface area contributed by atoms with Crippen molar-refractivity contribution >= 4 is 30.0 Å². The molecule has 13 nitrogen and oxygen atoms in total. The number of ether oxygens (including phenoxy) is 3. The van der Waals surface area contributed by atoms with Crippen LogP contribution < -0.4 is 20.7 Å². The average molecular weight is 440 g/mol. The number of anilines is 3. The molecular formula is C18H28N6O7. The van der Waals surface area contributed by atoms with Crippen LogP contribution in [0.1, 0.15) is 13.3 Å². The van der Waals surface area contributed by atoms with Crippen LogP contribution in [-0.4, -0.2) is 89.6 Å². The number of nitrogens with zero attached hydrogens (tertiary/aromatic N) is 4. The molecule has 0 aliphatic carbocycles. The maximum Gasteiger partial charge on any atom is 0.412 e. The Morgan fingerprint density at radius 2 is 2.23 bits per heavy atom. The zero-order valence-corrected chi connectivity index (χ0v) is 17.4. The maximum absolute atomic E-state index is 11.8. The lowest BCUT2D eigenvalue weighted by Crippen LogP contribution is -2.32. The first-order chi connectivity index (χ1) is 14.8. The van der Waals surface area contributed by atoms with Crippen LogP contribution in [0, 0.1) is 0 Å². The van der Waals surface area contributed by atoms with Gasteiger partial charge in [0.15, 0.2) is 12.5 Å². The summed E-state index contributed by atoms with van der Waals surface area (Å²) in [6.07, 6.45) is -0.776. The molecule has 0 bridgehead atoms. The maximum atomic E-state index is 11.8. The molecular weight excluding hydrogens is 412 g/mol. The second kappa shape index (κ2) is 11.3. The van der Waals surface area contributed by atoms with Crippen molar-refractivity contribution < 1.29 is 34.0 Å². The summed E-state index contributed by atoms with van der Waals surface area (Å²) in [7, 11) is 1.46. The summed E-state index contributed by atoms with van der Waals surface area (Å²) in [6, 6.07) is 0. The van der Waals surface area contributed by atoms with Crippen LogP contribution in [0.2, 0.25) is 0 Å². The molecule has 0 radical (unpaired) electrons. The molecule has 0 aromatic carbocycles. The minimum Gasteiger partial charge on any atom is -0.454 e. The van der Waals surface area contributed by atoms with Gasteiger partial charge in [-0.1, -0.05) is 6.08 Å². The van der Waals surface area contributed by atoms with Crippen LogP contribution in [-0.2, 0) is 14.3 Å². The number of aromatic nitrogens is 2. The third-order valence-electron chi connectivity index (χ3n) is 4.29. The van der Waals surface area contributed by atoms with Gasteiger partial charge in [-0.15, -0.1) is 6.58 Å². The minimum atomic E-state index is -0.880. The molecule has 5 N–H and O–H groups in total. The smallest absolute Gasteiger partial charge is 0.412 e. The van der Waals surface area contributed by atoms with E-state index in [0.717, 1.165) is 0 Å². The van der Waals surface area contributed by atoms with Gasteiger partial charge in [0.1, 0.15) is 18.0 Å². The number of nitrogens with one attached hydrogen (secondary N) is 1. The van der Waals surface area contributed by atoms with Gasteiger partial charge in [0.2, 0.25) is 18.2 Å². The molecule has 1 aliphatic rings. The number of nitrogens with two attached hydrogens (primary N) is 1. The molecule has 3 atom stereocenters. The molecule has 2 amide bonds. The lowest BCUT2D eigenvalue weighted by Gasteiger charge is -2.25. The Labute approximate surface area is 179 Å². The summed E-state index contributed by atoms with van der Waals surface area (Å²) in [6.45, 7) is 4.99. The molecule has 2 rings (SSSR count). The van der Waals surface area contributed by atoms with Crippen LogP contribution in [0.15, 0.2) is 12.7 Å². The zero-order valence-electron chi connectivity index (χ0n) is 17.4.